The van der Waals surface area contributed by atoms with Crippen LogP contribution in [0.2, 0.25) is 0 Å². The van der Waals surface area contributed by atoms with Crippen LogP contribution in [0.1, 0.15) is 32.6 Å². The zero-order valence-electron chi connectivity index (χ0n) is 7.86. The summed E-state index contributed by atoms with van der Waals surface area (Å²) in [7, 11) is -3.16. The van der Waals surface area contributed by atoms with Gasteiger partial charge in [-0.2, -0.15) is 0 Å². The number of aliphatic hydroxyl groups is 1. The topological polar surface area (TPSA) is 66.4 Å². The van der Waals surface area contributed by atoms with Crippen LogP contribution in [0.25, 0.3) is 0 Å². The van der Waals surface area contributed by atoms with Gasteiger partial charge in [0.25, 0.3) is 0 Å². The summed E-state index contributed by atoms with van der Waals surface area (Å²) in [6, 6.07) is -0.265. The molecule has 0 aromatic rings. The van der Waals surface area contributed by atoms with Crippen molar-refractivity contribution < 1.29 is 13.5 Å². The van der Waals surface area contributed by atoms with Gasteiger partial charge in [0.05, 0.1) is 11.9 Å². The SMILES string of the molecule is CCS(=O)(=O)N[C@H]1CCCC[C@@H]1O. The second-order valence-corrected chi connectivity index (χ2v) is 5.52. The first-order valence-corrected chi connectivity index (χ1v) is 6.38. The molecule has 0 amide bonds. The van der Waals surface area contributed by atoms with Crippen LogP contribution < -0.4 is 4.72 Å². The van der Waals surface area contributed by atoms with Crippen LogP contribution in [0.4, 0.5) is 0 Å². The fourth-order valence-corrected chi connectivity index (χ4v) is 2.47. The third-order valence-electron chi connectivity index (χ3n) is 2.44. The summed E-state index contributed by atoms with van der Waals surface area (Å²) in [5.41, 5.74) is 0. The van der Waals surface area contributed by atoms with E-state index in [1.165, 1.54) is 0 Å². The van der Waals surface area contributed by atoms with Gasteiger partial charge in [0.1, 0.15) is 0 Å². The van der Waals surface area contributed by atoms with Crippen molar-refractivity contribution in [2.45, 2.75) is 44.8 Å². The highest BCUT2D eigenvalue weighted by Gasteiger charge is 2.26. The van der Waals surface area contributed by atoms with Crippen LogP contribution in [-0.2, 0) is 10.0 Å². The molecule has 0 saturated heterocycles. The Morgan fingerprint density at radius 1 is 1.38 bits per heavy atom. The summed E-state index contributed by atoms with van der Waals surface area (Å²) in [5, 5.41) is 9.50. The van der Waals surface area contributed by atoms with Crippen LogP contribution in [0.3, 0.4) is 0 Å². The molecule has 0 spiro atoms. The second kappa shape index (κ2) is 4.39. The van der Waals surface area contributed by atoms with Crippen molar-refractivity contribution in [2.75, 3.05) is 5.75 Å². The van der Waals surface area contributed by atoms with Crippen LogP contribution in [0.15, 0.2) is 0 Å². The van der Waals surface area contributed by atoms with Gasteiger partial charge in [-0.05, 0) is 19.8 Å². The molecule has 5 heteroatoms. The van der Waals surface area contributed by atoms with E-state index in [0.717, 1.165) is 19.3 Å². The van der Waals surface area contributed by atoms with Crippen molar-refractivity contribution in [1.29, 1.82) is 0 Å². The Morgan fingerprint density at radius 3 is 2.54 bits per heavy atom. The number of hydrogen-bond donors (Lipinski definition) is 2. The minimum atomic E-state index is -3.16. The van der Waals surface area contributed by atoms with E-state index in [9.17, 15) is 13.5 Å². The van der Waals surface area contributed by atoms with E-state index in [1.807, 2.05) is 0 Å². The summed E-state index contributed by atoms with van der Waals surface area (Å²) in [6.45, 7) is 1.59. The Kier molecular flexibility index (Phi) is 3.70. The Morgan fingerprint density at radius 2 is 2.00 bits per heavy atom. The summed E-state index contributed by atoms with van der Waals surface area (Å²) >= 11 is 0. The average molecular weight is 207 g/mol. The van der Waals surface area contributed by atoms with Gasteiger partial charge in [-0.15, -0.1) is 0 Å². The maximum Gasteiger partial charge on any atom is 0.211 e. The van der Waals surface area contributed by atoms with Gasteiger partial charge >= 0.3 is 0 Å². The smallest absolute Gasteiger partial charge is 0.211 e. The van der Waals surface area contributed by atoms with E-state index in [2.05, 4.69) is 4.72 Å². The lowest BCUT2D eigenvalue weighted by Crippen LogP contribution is -2.45. The molecule has 1 aliphatic carbocycles. The van der Waals surface area contributed by atoms with E-state index in [4.69, 9.17) is 0 Å². The third-order valence-corrected chi connectivity index (χ3v) is 3.86. The molecular formula is C8H17NO3S. The highest BCUT2D eigenvalue weighted by molar-refractivity contribution is 7.89. The molecule has 0 unspecified atom stereocenters. The molecule has 1 aliphatic rings. The van der Waals surface area contributed by atoms with Gasteiger partial charge in [-0.1, -0.05) is 12.8 Å². The molecule has 1 rings (SSSR count). The van der Waals surface area contributed by atoms with Gasteiger partial charge in [-0.25, -0.2) is 13.1 Å². The molecule has 4 nitrogen and oxygen atoms in total. The molecule has 13 heavy (non-hydrogen) atoms. The molecule has 78 valence electrons. The van der Waals surface area contributed by atoms with Crippen LogP contribution in [0.5, 0.6) is 0 Å². The lowest BCUT2D eigenvalue weighted by atomic mass is 9.93. The van der Waals surface area contributed by atoms with Crippen LogP contribution in [0, 0.1) is 0 Å². The van der Waals surface area contributed by atoms with Crippen molar-refractivity contribution >= 4 is 10.0 Å². The van der Waals surface area contributed by atoms with Gasteiger partial charge in [0.2, 0.25) is 10.0 Å². The number of nitrogens with one attached hydrogen (secondary N) is 1. The first-order chi connectivity index (χ1) is 6.05. The maximum absolute atomic E-state index is 11.2. The zero-order chi connectivity index (χ0) is 9.90. The second-order valence-electron chi connectivity index (χ2n) is 3.48. The number of rotatable bonds is 3. The quantitative estimate of drug-likeness (QED) is 0.696. The fourth-order valence-electron chi connectivity index (χ4n) is 1.56. The Balaban J connectivity index is 2.52. The van der Waals surface area contributed by atoms with E-state index in [-0.39, 0.29) is 11.8 Å². The molecule has 1 fully saturated rings. The van der Waals surface area contributed by atoms with Crippen molar-refractivity contribution in [3.63, 3.8) is 0 Å². The van der Waals surface area contributed by atoms with E-state index in [0.29, 0.717) is 6.42 Å². The monoisotopic (exact) mass is 207 g/mol. The molecule has 2 atom stereocenters. The van der Waals surface area contributed by atoms with Gasteiger partial charge in [-0.3, -0.25) is 0 Å². The first kappa shape index (κ1) is 10.9. The Labute approximate surface area is 79.4 Å². The van der Waals surface area contributed by atoms with Gasteiger partial charge in [0.15, 0.2) is 0 Å². The lowest BCUT2D eigenvalue weighted by molar-refractivity contribution is 0.101. The maximum atomic E-state index is 11.2. The van der Waals surface area contributed by atoms with E-state index in [1.54, 1.807) is 6.92 Å². The summed E-state index contributed by atoms with van der Waals surface area (Å²) in [4.78, 5) is 0. The van der Waals surface area contributed by atoms with E-state index >= 15 is 0 Å². The van der Waals surface area contributed by atoms with Crippen LogP contribution >= 0.6 is 0 Å². The van der Waals surface area contributed by atoms with Gasteiger partial charge < -0.3 is 5.11 Å². The number of aliphatic hydroxyl groups excluding tert-OH is 1. The van der Waals surface area contributed by atoms with Crippen molar-refractivity contribution in [3.05, 3.63) is 0 Å². The molecule has 0 bridgehead atoms. The summed E-state index contributed by atoms with van der Waals surface area (Å²) in [5.74, 6) is 0.0796. The standard InChI is InChI=1S/C8H17NO3S/c1-2-13(11,12)9-7-5-3-4-6-8(7)10/h7-10H,2-6H2,1H3/t7-,8-/m0/s1. The third kappa shape index (κ3) is 3.25. The van der Waals surface area contributed by atoms with Crippen molar-refractivity contribution in [1.82, 2.24) is 4.72 Å². The predicted molar refractivity (Wildman–Crippen MR) is 50.9 cm³/mol. The molecule has 0 aromatic carbocycles. The predicted octanol–water partition coefficient (Wildman–Crippen LogP) is 0.229. The number of hydrogen-bond acceptors (Lipinski definition) is 3. The lowest BCUT2D eigenvalue weighted by Gasteiger charge is -2.27. The Hall–Kier alpha value is -0.130. The fraction of sp³-hybridized carbons (Fsp3) is 1.00. The molecule has 0 aromatic heterocycles. The molecule has 0 heterocycles. The van der Waals surface area contributed by atoms with E-state index < -0.39 is 16.1 Å². The summed E-state index contributed by atoms with van der Waals surface area (Å²) in [6.07, 6.45) is 2.94. The summed E-state index contributed by atoms with van der Waals surface area (Å²) < 4.78 is 24.9. The molecule has 0 radical (unpaired) electrons. The van der Waals surface area contributed by atoms with Crippen LogP contribution in [-0.4, -0.2) is 31.4 Å². The van der Waals surface area contributed by atoms with Crippen molar-refractivity contribution in [3.8, 4) is 0 Å². The van der Waals surface area contributed by atoms with Gasteiger partial charge in [0, 0.05) is 6.04 Å². The molecule has 2 N–H and O–H groups in total. The molecule has 0 aliphatic heterocycles. The minimum Gasteiger partial charge on any atom is -0.391 e. The number of sulfonamides is 1. The normalized spacial score (nSPS) is 30.3. The first-order valence-electron chi connectivity index (χ1n) is 4.73. The zero-order valence-corrected chi connectivity index (χ0v) is 8.68. The average Bonchev–Trinajstić information content (AvgIpc) is 2.09. The Bertz CT molecular complexity index is 250. The molecular weight excluding hydrogens is 190 g/mol. The highest BCUT2D eigenvalue weighted by atomic mass is 32.2. The molecule has 1 saturated carbocycles. The highest BCUT2D eigenvalue weighted by Crippen LogP contribution is 2.18. The largest absolute Gasteiger partial charge is 0.391 e. The van der Waals surface area contributed by atoms with Crippen molar-refractivity contribution in [2.24, 2.45) is 0 Å². The minimum absolute atomic E-state index is 0.0796.